The van der Waals surface area contributed by atoms with Gasteiger partial charge in [-0.1, -0.05) is 79.6 Å². The predicted octanol–water partition coefficient (Wildman–Crippen LogP) is 7.20. The van der Waals surface area contributed by atoms with Gasteiger partial charge in [-0.3, -0.25) is 0 Å². The van der Waals surface area contributed by atoms with Crippen LogP contribution >= 0.6 is 0 Å². The molecule has 0 saturated carbocycles. The van der Waals surface area contributed by atoms with Gasteiger partial charge in [0.05, 0.1) is 0 Å². The van der Waals surface area contributed by atoms with Gasteiger partial charge in [-0.15, -0.1) is 0 Å². The van der Waals surface area contributed by atoms with Gasteiger partial charge in [0.2, 0.25) is 8.32 Å². The van der Waals surface area contributed by atoms with Gasteiger partial charge in [0, 0.05) is 4.91 Å². The third kappa shape index (κ3) is 4.25. The lowest BCUT2D eigenvalue weighted by atomic mass is 9.74. The molecule has 0 aromatic rings. The van der Waals surface area contributed by atoms with E-state index >= 15 is 0 Å². The minimum atomic E-state index is -2.11. The lowest BCUT2D eigenvalue weighted by Crippen LogP contribution is -2.54. The summed E-state index contributed by atoms with van der Waals surface area (Å²) in [7, 11) is -2.11. The van der Waals surface area contributed by atoms with Gasteiger partial charge in [0.1, 0.15) is 0 Å². The topological polar surface area (TPSA) is 58.0 Å². The molecule has 0 spiro atoms. The second-order valence-electron chi connectivity index (χ2n) is 9.32. The highest BCUT2D eigenvalue weighted by atomic mass is 28.4. The molecule has 0 radical (unpaired) electrons. The maximum Gasteiger partial charge on any atom is 0.201 e. The largest absolute Gasteiger partial charge is 0.402 e. The fourth-order valence-electron chi connectivity index (χ4n) is 4.45. The van der Waals surface area contributed by atoms with Crippen molar-refractivity contribution in [2.24, 2.45) is 16.4 Å². The van der Waals surface area contributed by atoms with E-state index in [1.165, 1.54) is 0 Å². The van der Waals surface area contributed by atoms with Gasteiger partial charge < -0.3 is 4.43 Å². The zero-order valence-electron chi connectivity index (χ0n) is 17.1. The molecule has 5 heteroatoms. The molecule has 2 atom stereocenters. The summed E-state index contributed by atoms with van der Waals surface area (Å²) in [6, 6.07) is 0. The Hall–Kier alpha value is -0.773. The zero-order chi connectivity index (χ0) is 18.8. The van der Waals surface area contributed by atoms with Crippen molar-refractivity contribution in [3.8, 4) is 0 Å². The number of hydrogen-bond acceptors (Lipinski definition) is 2. The fraction of sp³-hybridized carbons (Fsp3) is 0.895. The lowest BCUT2D eigenvalue weighted by molar-refractivity contribution is 0.0713. The Labute approximate surface area is 149 Å². The molecule has 1 aliphatic rings. The number of hydrogen-bond donors (Lipinski definition) is 0. The Morgan fingerprint density at radius 2 is 1.62 bits per heavy atom. The average Bonchev–Trinajstić information content (AvgIpc) is 2.43. The normalized spacial score (nSPS) is 25.4. The van der Waals surface area contributed by atoms with E-state index < -0.39 is 14.0 Å². The molecule has 0 aliphatic heterocycles. The molecule has 0 bridgehead atoms. The Morgan fingerprint density at radius 1 is 1.12 bits per heavy atom. The van der Waals surface area contributed by atoms with E-state index in [-0.39, 0.29) is 5.41 Å². The van der Waals surface area contributed by atoms with Gasteiger partial charge in [0.15, 0.2) is 5.72 Å². The predicted molar refractivity (Wildman–Crippen MR) is 105 cm³/mol. The molecule has 0 aromatic carbocycles. The molecule has 0 amide bonds. The number of allylic oxidation sites excluding steroid dienone is 1. The second-order valence-corrected chi connectivity index (χ2v) is 14.7. The Bertz CT molecular complexity index is 479. The van der Waals surface area contributed by atoms with E-state index in [0.29, 0.717) is 22.5 Å². The van der Waals surface area contributed by atoms with E-state index in [4.69, 9.17) is 4.43 Å². The SMILES string of the molecule is CC(C)[Si](O[C@]1(N=[N+]=[N-])C=C[C@@H](C(C)(C)C)CC1)(C(C)C)C(C)C. The van der Waals surface area contributed by atoms with Gasteiger partial charge >= 0.3 is 0 Å². The van der Waals surface area contributed by atoms with E-state index in [0.717, 1.165) is 12.8 Å². The summed E-state index contributed by atoms with van der Waals surface area (Å²) < 4.78 is 6.88. The van der Waals surface area contributed by atoms with Crippen LogP contribution in [0.4, 0.5) is 0 Å². The Balaban J connectivity index is 3.29. The molecule has 4 nitrogen and oxygen atoms in total. The smallest absolute Gasteiger partial charge is 0.201 e. The fourth-order valence-corrected chi connectivity index (χ4v) is 9.98. The highest BCUT2D eigenvalue weighted by molar-refractivity contribution is 6.77. The maximum absolute atomic E-state index is 9.18. The van der Waals surface area contributed by atoms with Crippen molar-refractivity contribution in [2.45, 2.75) is 97.5 Å². The number of rotatable bonds is 6. The van der Waals surface area contributed by atoms with Crippen LogP contribution in [0.15, 0.2) is 17.3 Å². The van der Waals surface area contributed by atoms with Crippen molar-refractivity contribution in [3.05, 3.63) is 22.6 Å². The van der Waals surface area contributed by atoms with Gasteiger partial charge in [0.25, 0.3) is 0 Å². The first-order valence-corrected chi connectivity index (χ1v) is 11.5. The van der Waals surface area contributed by atoms with Crippen LogP contribution in [0, 0.1) is 11.3 Å². The Morgan fingerprint density at radius 3 is 1.92 bits per heavy atom. The van der Waals surface area contributed by atoms with E-state index in [1.807, 2.05) is 0 Å². The van der Waals surface area contributed by atoms with E-state index in [1.54, 1.807) is 0 Å². The van der Waals surface area contributed by atoms with E-state index in [9.17, 15) is 5.53 Å². The zero-order valence-corrected chi connectivity index (χ0v) is 18.1. The van der Waals surface area contributed by atoms with Crippen molar-refractivity contribution >= 4 is 8.32 Å². The molecule has 1 aliphatic carbocycles. The summed E-state index contributed by atoms with van der Waals surface area (Å²) >= 11 is 0. The number of azide groups is 1. The first-order chi connectivity index (χ1) is 10.9. The third-order valence-corrected chi connectivity index (χ3v) is 11.9. The summed E-state index contributed by atoms with van der Waals surface area (Å²) in [6.45, 7) is 20.4. The van der Waals surface area contributed by atoms with Crippen LogP contribution in [0.5, 0.6) is 0 Å². The molecule has 1 rings (SSSR count). The van der Waals surface area contributed by atoms with Gasteiger partial charge in [-0.05, 0) is 46.3 Å². The van der Waals surface area contributed by atoms with Crippen LogP contribution in [0.3, 0.4) is 0 Å². The van der Waals surface area contributed by atoms with Gasteiger partial charge in [-0.2, -0.15) is 0 Å². The summed E-state index contributed by atoms with van der Waals surface area (Å²) in [6.07, 6.45) is 6.05. The lowest BCUT2D eigenvalue weighted by Gasteiger charge is -2.48. The molecular weight excluding hydrogens is 314 g/mol. The highest BCUT2D eigenvalue weighted by Gasteiger charge is 2.50. The van der Waals surface area contributed by atoms with Crippen LogP contribution in [0.1, 0.15) is 75.2 Å². The van der Waals surface area contributed by atoms with Crippen LogP contribution in [0.2, 0.25) is 16.6 Å². The summed E-state index contributed by atoms with van der Waals surface area (Å²) in [5.41, 5.74) is 10.0. The van der Waals surface area contributed by atoms with Crippen molar-refractivity contribution in [2.75, 3.05) is 0 Å². The summed E-state index contributed by atoms with van der Waals surface area (Å²) in [5.74, 6) is 0.497. The molecular formula is C19H37N3OSi. The van der Waals surface area contributed by atoms with Crippen molar-refractivity contribution in [3.63, 3.8) is 0 Å². The highest BCUT2D eigenvalue weighted by Crippen LogP contribution is 2.48. The quantitative estimate of drug-likeness (QED) is 0.164. The van der Waals surface area contributed by atoms with Crippen LogP contribution in [-0.2, 0) is 4.43 Å². The Kier molecular flexibility index (Phi) is 6.76. The molecule has 0 saturated heterocycles. The van der Waals surface area contributed by atoms with Crippen LogP contribution < -0.4 is 0 Å². The summed E-state index contributed by atoms with van der Waals surface area (Å²) in [5, 5.41) is 4.17. The second kappa shape index (κ2) is 7.63. The average molecular weight is 352 g/mol. The van der Waals surface area contributed by atoms with Crippen molar-refractivity contribution < 1.29 is 4.43 Å². The first-order valence-electron chi connectivity index (χ1n) is 9.37. The number of nitrogens with zero attached hydrogens (tertiary/aromatic N) is 3. The third-order valence-electron chi connectivity index (χ3n) is 5.79. The monoisotopic (exact) mass is 351 g/mol. The molecule has 0 unspecified atom stereocenters. The molecule has 0 heterocycles. The summed E-state index contributed by atoms with van der Waals surface area (Å²) in [4.78, 5) is 3.15. The van der Waals surface area contributed by atoms with Crippen LogP contribution in [0.25, 0.3) is 10.4 Å². The molecule has 0 N–H and O–H groups in total. The molecule has 0 aromatic heterocycles. The van der Waals surface area contributed by atoms with Crippen molar-refractivity contribution in [1.82, 2.24) is 0 Å². The maximum atomic E-state index is 9.18. The molecule has 24 heavy (non-hydrogen) atoms. The van der Waals surface area contributed by atoms with Crippen LogP contribution in [-0.4, -0.2) is 14.0 Å². The van der Waals surface area contributed by atoms with Gasteiger partial charge in [-0.25, -0.2) is 0 Å². The molecule has 138 valence electrons. The minimum absolute atomic E-state index is 0.224. The van der Waals surface area contributed by atoms with Crippen molar-refractivity contribution in [1.29, 1.82) is 0 Å². The van der Waals surface area contributed by atoms with E-state index in [2.05, 4.69) is 84.5 Å². The first kappa shape index (κ1) is 21.3. The minimum Gasteiger partial charge on any atom is -0.402 e. The molecule has 0 fully saturated rings. The standard InChI is InChI=1S/C19H37N3OSi/c1-14(2)24(15(3)4,16(5)6)23-19(21-22-20)12-10-17(11-13-19)18(7,8)9/h10,12,14-17H,11,13H2,1-9H3/t17-,19-/m1/s1.